The number of anilines is 1. The lowest BCUT2D eigenvalue weighted by molar-refractivity contribution is -0.156. The number of nitrogens with one attached hydrogen (secondary N) is 1. The van der Waals surface area contributed by atoms with Gasteiger partial charge in [-0.3, -0.25) is 14.7 Å². The number of carbonyl (C=O) groups excluding carboxylic acids is 3. The molecule has 0 unspecified atom stereocenters. The van der Waals surface area contributed by atoms with E-state index in [4.69, 9.17) is 9.47 Å². The molecule has 2 aliphatic heterocycles. The second-order valence-electron chi connectivity index (χ2n) is 8.74. The zero-order valence-electron chi connectivity index (χ0n) is 17.5. The van der Waals surface area contributed by atoms with Crippen LogP contribution in [0.25, 0.3) is 0 Å². The summed E-state index contributed by atoms with van der Waals surface area (Å²) in [6, 6.07) is -0.232. The molecule has 3 atom stereocenters. The Morgan fingerprint density at radius 1 is 1.31 bits per heavy atom. The highest BCUT2D eigenvalue weighted by Gasteiger charge is 2.40. The van der Waals surface area contributed by atoms with E-state index in [0.29, 0.717) is 12.2 Å². The van der Waals surface area contributed by atoms with Gasteiger partial charge >= 0.3 is 12.1 Å². The Labute approximate surface area is 170 Å². The standard InChI is InChI=1S/C20H30N4O5/c1-13(16-7-5-6-8-23(16)19(27)29-20(2,3)4)28-18(26)14-9-17(25)24(12-14)15-10-21-22-11-15/h10-11,13-14,16H,5-9,12H2,1-4H3,(H,21,22)/t13-,14+,16+/m0/s1. The molecule has 29 heavy (non-hydrogen) atoms. The Kier molecular flexibility index (Phi) is 6.14. The van der Waals surface area contributed by atoms with E-state index in [1.807, 2.05) is 20.8 Å². The van der Waals surface area contributed by atoms with Crippen molar-refractivity contribution >= 4 is 23.7 Å². The first-order valence-corrected chi connectivity index (χ1v) is 10.1. The molecule has 0 saturated carbocycles. The van der Waals surface area contributed by atoms with Gasteiger partial charge in [-0.05, 0) is 47.0 Å². The number of ether oxygens (including phenoxy) is 2. The Morgan fingerprint density at radius 2 is 2.07 bits per heavy atom. The van der Waals surface area contributed by atoms with E-state index in [0.717, 1.165) is 19.3 Å². The smallest absolute Gasteiger partial charge is 0.410 e. The van der Waals surface area contributed by atoms with Gasteiger partial charge in [0.2, 0.25) is 5.91 Å². The van der Waals surface area contributed by atoms with Crippen molar-refractivity contribution in [2.24, 2.45) is 5.92 Å². The highest BCUT2D eigenvalue weighted by molar-refractivity contribution is 5.99. The average molecular weight is 406 g/mol. The molecule has 0 bridgehead atoms. The van der Waals surface area contributed by atoms with Crippen LogP contribution in [-0.2, 0) is 19.1 Å². The van der Waals surface area contributed by atoms with Gasteiger partial charge in [-0.1, -0.05) is 0 Å². The van der Waals surface area contributed by atoms with Crippen LogP contribution in [0.4, 0.5) is 10.5 Å². The van der Waals surface area contributed by atoms with E-state index in [9.17, 15) is 14.4 Å². The predicted octanol–water partition coefficient (Wildman–Crippen LogP) is 2.48. The fourth-order valence-electron chi connectivity index (χ4n) is 3.86. The average Bonchev–Trinajstić information content (AvgIpc) is 3.29. The van der Waals surface area contributed by atoms with Crippen molar-refractivity contribution in [1.29, 1.82) is 0 Å². The lowest BCUT2D eigenvalue weighted by atomic mass is 9.98. The van der Waals surface area contributed by atoms with Gasteiger partial charge in [0, 0.05) is 25.7 Å². The van der Waals surface area contributed by atoms with Crippen molar-refractivity contribution in [3.63, 3.8) is 0 Å². The molecular weight excluding hydrogens is 376 g/mol. The lowest BCUT2D eigenvalue weighted by Gasteiger charge is -2.39. The Bertz CT molecular complexity index is 743. The Morgan fingerprint density at radius 3 is 2.72 bits per heavy atom. The van der Waals surface area contributed by atoms with Gasteiger partial charge in [-0.25, -0.2) is 4.79 Å². The zero-order valence-corrected chi connectivity index (χ0v) is 17.5. The van der Waals surface area contributed by atoms with E-state index >= 15 is 0 Å². The molecule has 1 aromatic heterocycles. The number of esters is 1. The molecule has 3 rings (SSSR count). The predicted molar refractivity (Wildman–Crippen MR) is 105 cm³/mol. The number of aromatic nitrogens is 2. The van der Waals surface area contributed by atoms with Crippen LogP contribution >= 0.6 is 0 Å². The maximum absolute atomic E-state index is 12.7. The van der Waals surface area contributed by atoms with E-state index in [1.54, 1.807) is 24.2 Å². The van der Waals surface area contributed by atoms with Gasteiger partial charge in [0.25, 0.3) is 0 Å². The van der Waals surface area contributed by atoms with Crippen molar-refractivity contribution in [1.82, 2.24) is 15.1 Å². The summed E-state index contributed by atoms with van der Waals surface area (Å²) in [6.07, 6.45) is 5.02. The van der Waals surface area contributed by atoms with Crippen LogP contribution in [0.3, 0.4) is 0 Å². The summed E-state index contributed by atoms with van der Waals surface area (Å²) >= 11 is 0. The molecule has 0 aromatic carbocycles. The summed E-state index contributed by atoms with van der Waals surface area (Å²) in [7, 11) is 0. The van der Waals surface area contributed by atoms with E-state index in [1.165, 1.54) is 4.90 Å². The molecule has 2 fully saturated rings. The molecule has 160 valence electrons. The highest BCUT2D eigenvalue weighted by atomic mass is 16.6. The first-order valence-electron chi connectivity index (χ1n) is 10.1. The maximum Gasteiger partial charge on any atom is 0.410 e. The number of amides is 2. The summed E-state index contributed by atoms with van der Waals surface area (Å²) < 4.78 is 11.2. The largest absolute Gasteiger partial charge is 0.460 e. The van der Waals surface area contributed by atoms with Crippen molar-refractivity contribution in [2.45, 2.75) is 71.1 Å². The molecule has 1 aromatic rings. The number of likely N-dealkylation sites (tertiary alicyclic amines) is 1. The molecule has 2 aliphatic rings. The number of piperidine rings is 1. The van der Waals surface area contributed by atoms with Crippen LogP contribution in [0.5, 0.6) is 0 Å². The first kappa shape index (κ1) is 21.1. The van der Waals surface area contributed by atoms with Crippen LogP contribution in [0.15, 0.2) is 12.4 Å². The third-order valence-corrected chi connectivity index (χ3v) is 5.27. The minimum atomic E-state index is -0.584. The Hall–Kier alpha value is -2.58. The normalized spacial score (nSPS) is 23.8. The fourth-order valence-corrected chi connectivity index (χ4v) is 3.86. The molecule has 9 nitrogen and oxygen atoms in total. The molecule has 9 heteroatoms. The Balaban J connectivity index is 1.60. The second-order valence-corrected chi connectivity index (χ2v) is 8.74. The number of nitrogens with zero attached hydrogens (tertiary/aromatic N) is 3. The monoisotopic (exact) mass is 406 g/mol. The first-order chi connectivity index (χ1) is 13.7. The van der Waals surface area contributed by atoms with E-state index < -0.39 is 23.6 Å². The van der Waals surface area contributed by atoms with Crippen LogP contribution in [0.1, 0.15) is 53.4 Å². The minimum absolute atomic E-state index is 0.108. The van der Waals surface area contributed by atoms with Crippen molar-refractivity contribution in [3.05, 3.63) is 12.4 Å². The second kappa shape index (κ2) is 8.42. The van der Waals surface area contributed by atoms with E-state index in [2.05, 4.69) is 10.2 Å². The van der Waals surface area contributed by atoms with Gasteiger partial charge in [-0.15, -0.1) is 0 Å². The zero-order chi connectivity index (χ0) is 21.2. The minimum Gasteiger partial charge on any atom is -0.460 e. The third kappa shape index (κ3) is 5.07. The van der Waals surface area contributed by atoms with Gasteiger partial charge < -0.3 is 19.3 Å². The van der Waals surface area contributed by atoms with Gasteiger partial charge in [0.15, 0.2) is 0 Å². The van der Waals surface area contributed by atoms with Crippen LogP contribution in [0.2, 0.25) is 0 Å². The molecule has 2 amide bonds. The fraction of sp³-hybridized carbons (Fsp3) is 0.700. The quantitative estimate of drug-likeness (QED) is 0.770. The molecule has 2 saturated heterocycles. The van der Waals surface area contributed by atoms with Crippen LogP contribution < -0.4 is 4.90 Å². The molecule has 0 radical (unpaired) electrons. The van der Waals surface area contributed by atoms with Gasteiger partial charge in [0.1, 0.15) is 11.7 Å². The van der Waals surface area contributed by atoms with Crippen molar-refractivity contribution in [3.8, 4) is 0 Å². The summed E-state index contributed by atoms with van der Waals surface area (Å²) in [5, 5.41) is 6.51. The molecular formula is C20H30N4O5. The molecule has 1 N–H and O–H groups in total. The summed E-state index contributed by atoms with van der Waals surface area (Å²) in [4.78, 5) is 40.8. The van der Waals surface area contributed by atoms with Gasteiger partial charge in [-0.2, -0.15) is 5.10 Å². The van der Waals surface area contributed by atoms with Crippen molar-refractivity contribution < 1.29 is 23.9 Å². The van der Waals surface area contributed by atoms with E-state index in [-0.39, 0.29) is 31.0 Å². The SMILES string of the molecule is C[C@H](OC(=O)[C@@H]1CC(=O)N(c2cn[nH]c2)C1)[C@H]1CCCCN1C(=O)OC(C)(C)C. The number of hydrogen-bond donors (Lipinski definition) is 1. The summed E-state index contributed by atoms with van der Waals surface area (Å²) in [5.41, 5.74) is 0.0569. The van der Waals surface area contributed by atoms with Crippen LogP contribution in [-0.4, -0.2) is 63.9 Å². The highest BCUT2D eigenvalue weighted by Crippen LogP contribution is 2.28. The number of carbonyl (C=O) groups is 3. The third-order valence-electron chi connectivity index (χ3n) is 5.27. The maximum atomic E-state index is 12.7. The number of hydrogen-bond acceptors (Lipinski definition) is 6. The summed E-state index contributed by atoms with van der Waals surface area (Å²) in [6.45, 7) is 8.14. The summed E-state index contributed by atoms with van der Waals surface area (Å²) in [5.74, 6) is -1.07. The lowest BCUT2D eigenvalue weighted by Crippen LogP contribution is -2.51. The topological polar surface area (TPSA) is 105 Å². The molecule has 0 aliphatic carbocycles. The number of rotatable bonds is 4. The van der Waals surface area contributed by atoms with Gasteiger partial charge in [0.05, 0.1) is 23.8 Å². The number of H-pyrrole nitrogens is 1. The van der Waals surface area contributed by atoms with Crippen LogP contribution in [0, 0.1) is 5.92 Å². The molecule has 0 spiro atoms. The number of aromatic amines is 1. The van der Waals surface area contributed by atoms with Crippen molar-refractivity contribution in [2.75, 3.05) is 18.0 Å². The molecule has 3 heterocycles.